The van der Waals surface area contributed by atoms with E-state index >= 15 is 0 Å². The average molecular weight is 332 g/mol. The molecule has 1 aromatic carbocycles. The molecular weight excluding hydrogens is 310 g/mol. The van der Waals surface area contributed by atoms with Gasteiger partial charge in [0.1, 0.15) is 0 Å². The van der Waals surface area contributed by atoms with Crippen LogP contribution in [-0.2, 0) is 0 Å². The zero-order valence-corrected chi connectivity index (χ0v) is 14.3. The lowest BCUT2D eigenvalue weighted by Crippen LogP contribution is -2.13. The van der Waals surface area contributed by atoms with E-state index in [0.717, 1.165) is 24.2 Å². The summed E-state index contributed by atoms with van der Waals surface area (Å²) in [4.78, 5) is 16.4. The van der Waals surface area contributed by atoms with Gasteiger partial charge in [0.2, 0.25) is 0 Å². The van der Waals surface area contributed by atoms with Gasteiger partial charge in [0.05, 0.1) is 11.3 Å². The van der Waals surface area contributed by atoms with Crippen molar-refractivity contribution in [1.29, 1.82) is 0 Å². The minimum Gasteiger partial charge on any atom is -0.384 e. The van der Waals surface area contributed by atoms with E-state index in [1.807, 2.05) is 25.1 Å². The average Bonchev–Trinajstić information content (AvgIpc) is 2.55. The van der Waals surface area contributed by atoms with Gasteiger partial charge in [-0.1, -0.05) is 37.4 Å². The van der Waals surface area contributed by atoms with Crippen LogP contribution < -0.4 is 10.6 Å². The van der Waals surface area contributed by atoms with Crippen molar-refractivity contribution in [3.8, 4) is 0 Å². The number of aryl methyl sites for hydroxylation is 1. The van der Waals surface area contributed by atoms with Crippen LogP contribution in [0.15, 0.2) is 36.7 Å². The fourth-order valence-corrected chi connectivity index (χ4v) is 2.32. The highest BCUT2D eigenvalue weighted by Crippen LogP contribution is 2.20. The van der Waals surface area contributed by atoms with Crippen LogP contribution in [0.4, 0.5) is 11.4 Å². The lowest BCUT2D eigenvalue weighted by molar-refractivity contribution is 0.102. The summed E-state index contributed by atoms with van der Waals surface area (Å²) < 4.78 is 0. The molecular formula is C18H22ClN3O. The lowest BCUT2D eigenvalue weighted by Gasteiger charge is -2.09. The molecule has 0 saturated heterocycles. The molecule has 5 heteroatoms. The highest BCUT2D eigenvalue weighted by atomic mass is 35.5. The first-order valence-corrected chi connectivity index (χ1v) is 8.24. The van der Waals surface area contributed by atoms with Gasteiger partial charge < -0.3 is 10.6 Å². The Hall–Kier alpha value is -2.07. The second-order valence-electron chi connectivity index (χ2n) is 5.51. The van der Waals surface area contributed by atoms with Crippen LogP contribution >= 0.6 is 11.6 Å². The van der Waals surface area contributed by atoms with Crippen LogP contribution in [0.1, 0.15) is 42.1 Å². The number of anilines is 2. The Morgan fingerprint density at radius 1 is 1.17 bits per heavy atom. The topological polar surface area (TPSA) is 54.0 Å². The predicted octanol–water partition coefficient (Wildman–Crippen LogP) is 4.90. The number of nitrogens with one attached hydrogen (secondary N) is 2. The van der Waals surface area contributed by atoms with Crippen molar-refractivity contribution in [3.63, 3.8) is 0 Å². The number of benzene rings is 1. The van der Waals surface area contributed by atoms with Crippen molar-refractivity contribution >= 4 is 28.9 Å². The third-order valence-corrected chi connectivity index (χ3v) is 3.95. The summed E-state index contributed by atoms with van der Waals surface area (Å²) in [6.45, 7) is 4.98. The molecule has 0 atom stereocenters. The number of amides is 1. The number of carbonyl (C=O) groups is 1. The highest BCUT2D eigenvalue weighted by Gasteiger charge is 2.08. The molecule has 4 nitrogen and oxygen atoms in total. The van der Waals surface area contributed by atoms with Crippen molar-refractivity contribution < 1.29 is 4.79 Å². The molecule has 2 rings (SSSR count). The summed E-state index contributed by atoms with van der Waals surface area (Å²) in [7, 11) is 0. The Kier molecular flexibility index (Phi) is 6.41. The molecule has 0 saturated carbocycles. The summed E-state index contributed by atoms with van der Waals surface area (Å²) in [5, 5.41) is 6.76. The van der Waals surface area contributed by atoms with Crippen LogP contribution in [0.5, 0.6) is 0 Å². The summed E-state index contributed by atoms with van der Waals surface area (Å²) >= 11 is 6.08. The second-order valence-corrected chi connectivity index (χ2v) is 5.92. The zero-order valence-electron chi connectivity index (χ0n) is 13.5. The summed E-state index contributed by atoms with van der Waals surface area (Å²) in [6, 6.07) is 7.26. The number of carbonyl (C=O) groups excluding carboxylic acids is 1. The molecule has 0 spiro atoms. The van der Waals surface area contributed by atoms with Gasteiger partial charge in [-0.25, -0.2) is 0 Å². The molecule has 0 bridgehead atoms. The van der Waals surface area contributed by atoms with Gasteiger partial charge in [-0.2, -0.15) is 0 Å². The maximum atomic E-state index is 12.3. The number of hydrogen-bond donors (Lipinski definition) is 2. The Balaban J connectivity index is 2.00. The number of aromatic nitrogens is 1. The number of unbranched alkanes of at least 4 members (excludes halogenated alkanes) is 2. The summed E-state index contributed by atoms with van der Waals surface area (Å²) in [5.74, 6) is -0.199. The molecule has 2 N–H and O–H groups in total. The first-order valence-electron chi connectivity index (χ1n) is 7.86. The first kappa shape index (κ1) is 17.3. The van der Waals surface area contributed by atoms with E-state index in [4.69, 9.17) is 11.6 Å². The molecule has 2 aromatic rings. The molecule has 1 aromatic heterocycles. The Morgan fingerprint density at radius 3 is 2.74 bits per heavy atom. The molecule has 0 aliphatic rings. The molecule has 23 heavy (non-hydrogen) atoms. The molecule has 0 unspecified atom stereocenters. The third kappa shape index (κ3) is 5.25. The molecule has 1 amide bonds. The SMILES string of the molecule is CCCCCNc1cncc(C(=O)Nc2ccc(C)c(Cl)c2)c1. The van der Waals surface area contributed by atoms with E-state index in [0.29, 0.717) is 16.3 Å². The largest absolute Gasteiger partial charge is 0.384 e. The first-order chi connectivity index (χ1) is 11.1. The number of halogens is 1. The van der Waals surface area contributed by atoms with Crippen LogP contribution in [0.3, 0.4) is 0 Å². The van der Waals surface area contributed by atoms with E-state index in [1.165, 1.54) is 12.8 Å². The molecule has 122 valence electrons. The summed E-state index contributed by atoms with van der Waals surface area (Å²) in [6.07, 6.45) is 6.76. The van der Waals surface area contributed by atoms with Gasteiger partial charge in [0, 0.05) is 29.6 Å². The Labute approximate surface area is 142 Å². The van der Waals surface area contributed by atoms with E-state index < -0.39 is 0 Å². The van der Waals surface area contributed by atoms with Gasteiger partial charge in [0.25, 0.3) is 5.91 Å². The van der Waals surface area contributed by atoms with Crippen LogP contribution in [-0.4, -0.2) is 17.4 Å². The normalized spacial score (nSPS) is 10.4. The van der Waals surface area contributed by atoms with E-state index in [-0.39, 0.29) is 5.91 Å². The van der Waals surface area contributed by atoms with Gasteiger partial charge in [0.15, 0.2) is 0 Å². The smallest absolute Gasteiger partial charge is 0.257 e. The maximum absolute atomic E-state index is 12.3. The molecule has 0 aliphatic heterocycles. The van der Waals surface area contributed by atoms with Crippen molar-refractivity contribution in [2.24, 2.45) is 0 Å². The minimum atomic E-state index is -0.199. The second kappa shape index (κ2) is 8.53. The monoisotopic (exact) mass is 331 g/mol. The summed E-state index contributed by atoms with van der Waals surface area (Å²) in [5.41, 5.74) is 3.02. The van der Waals surface area contributed by atoms with Crippen LogP contribution in [0.2, 0.25) is 5.02 Å². The maximum Gasteiger partial charge on any atom is 0.257 e. The van der Waals surface area contributed by atoms with Crippen LogP contribution in [0.25, 0.3) is 0 Å². The van der Waals surface area contributed by atoms with Crippen molar-refractivity contribution in [1.82, 2.24) is 4.98 Å². The van der Waals surface area contributed by atoms with E-state index in [1.54, 1.807) is 18.5 Å². The molecule has 0 aliphatic carbocycles. The minimum absolute atomic E-state index is 0.199. The lowest BCUT2D eigenvalue weighted by atomic mass is 10.2. The highest BCUT2D eigenvalue weighted by molar-refractivity contribution is 6.31. The number of hydrogen-bond acceptors (Lipinski definition) is 3. The van der Waals surface area contributed by atoms with Gasteiger partial charge in [-0.05, 0) is 37.1 Å². The fraction of sp³-hybridized carbons (Fsp3) is 0.333. The van der Waals surface area contributed by atoms with Gasteiger partial charge in [-0.3, -0.25) is 9.78 Å². The molecule has 1 heterocycles. The van der Waals surface area contributed by atoms with E-state index in [2.05, 4.69) is 22.5 Å². The predicted molar refractivity (Wildman–Crippen MR) is 96.4 cm³/mol. The standard InChI is InChI=1S/C18H22ClN3O/c1-3-4-5-8-21-16-9-14(11-20-12-16)18(23)22-15-7-6-13(2)17(19)10-15/h6-7,9-12,21H,3-5,8H2,1-2H3,(H,22,23). The number of nitrogens with zero attached hydrogens (tertiary/aromatic N) is 1. The van der Waals surface area contributed by atoms with E-state index in [9.17, 15) is 4.79 Å². The van der Waals surface area contributed by atoms with Crippen molar-refractivity contribution in [2.45, 2.75) is 33.1 Å². The quantitative estimate of drug-likeness (QED) is 0.710. The zero-order chi connectivity index (χ0) is 16.7. The van der Waals surface area contributed by atoms with Gasteiger partial charge >= 0.3 is 0 Å². The fourth-order valence-electron chi connectivity index (χ4n) is 2.14. The van der Waals surface area contributed by atoms with Crippen LogP contribution in [0, 0.1) is 6.92 Å². The number of pyridine rings is 1. The Bertz CT molecular complexity index is 673. The van der Waals surface area contributed by atoms with Crippen molar-refractivity contribution in [2.75, 3.05) is 17.2 Å². The molecule has 0 fully saturated rings. The number of rotatable bonds is 7. The van der Waals surface area contributed by atoms with Crippen molar-refractivity contribution in [3.05, 3.63) is 52.8 Å². The molecule has 0 radical (unpaired) electrons. The van der Waals surface area contributed by atoms with Gasteiger partial charge in [-0.15, -0.1) is 0 Å². The Morgan fingerprint density at radius 2 is 2.00 bits per heavy atom. The third-order valence-electron chi connectivity index (χ3n) is 3.54.